The number of esters is 1. The zero-order valence-electron chi connectivity index (χ0n) is 12.2. The van der Waals surface area contributed by atoms with E-state index >= 15 is 0 Å². The molecule has 100 valence electrons. The van der Waals surface area contributed by atoms with Crippen molar-refractivity contribution in [1.29, 1.82) is 0 Å². The van der Waals surface area contributed by atoms with Gasteiger partial charge in [0.15, 0.2) is 0 Å². The fourth-order valence-electron chi connectivity index (χ4n) is 2.17. The monoisotopic (exact) mass is 258 g/mol. The first kappa shape index (κ1) is 16.4. The minimum Gasteiger partial charge on any atom is -0.468 e. The minimum absolute atomic E-state index is 0.0305. The van der Waals surface area contributed by atoms with Gasteiger partial charge in [0.1, 0.15) is 11.3 Å². The number of hydrogen-bond acceptors (Lipinski definition) is 3. The summed E-state index contributed by atoms with van der Waals surface area (Å²) in [6.45, 7) is 12.5. The van der Waals surface area contributed by atoms with E-state index < -0.39 is 13.1 Å². The Morgan fingerprint density at radius 1 is 1.29 bits per heavy atom. The van der Waals surface area contributed by atoms with Crippen LogP contribution in [0.4, 0.5) is 0 Å². The van der Waals surface area contributed by atoms with Gasteiger partial charge in [0, 0.05) is 0 Å². The fourth-order valence-corrected chi connectivity index (χ4v) is 5.29. The lowest BCUT2D eigenvalue weighted by atomic mass is 10.0. The summed E-state index contributed by atoms with van der Waals surface area (Å²) in [4.78, 5) is 23.8. The summed E-state index contributed by atoms with van der Waals surface area (Å²) in [7, 11) is -0.768. The number of carbonyl (C=O) groups excluding carboxylic acids is 2. The van der Waals surface area contributed by atoms with Gasteiger partial charge in [-0.05, 0) is 11.5 Å². The number of rotatable bonds is 5. The molecule has 0 spiro atoms. The van der Waals surface area contributed by atoms with E-state index in [0.717, 1.165) is 12.7 Å². The van der Waals surface area contributed by atoms with Crippen LogP contribution in [-0.4, -0.2) is 27.4 Å². The van der Waals surface area contributed by atoms with Gasteiger partial charge in [0.2, 0.25) is 0 Å². The summed E-state index contributed by atoms with van der Waals surface area (Å²) in [6, 6.07) is 0. The third-order valence-corrected chi connectivity index (χ3v) is 10.9. The maximum Gasteiger partial charge on any atom is 0.316 e. The zero-order valence-corrected chi connectivity index (χ0v) is 13.2. The van der Waals surface area contributed by atoms with Crippen molar-refractivity contribution in [1.82, 2.24) is 0 Å². The van der Waals surface area contributed by atoms with Gasteiger partial charge in [0.05, 0.1) is 15.2 Å². The first-order valence-electron chi connectivity index (χ1n) is 6.15. The molecule has 0 saturated heterocycles. The van der Waals surface area contributed by atoms with Crippen LogP contribution in [0.2, 0.25) is 23.2 Å². The smallest absolute Gasteiger partial charge is 0.316 e. The Balaban J connectivity index is 5.76. The Morgan fingerprint density at radius 3 is 2.00 bits per heavy atom. The first-order valence-corrected chi connectivity index (χ1v) is 9.15. The summed E-state index contributed by atoms with van der Waals surface area (Å²) in [5, 5.41) is -0.952. The molecule has 0 aliphatic carbocycles. The second-order valence-corrected chi connectivity index (χ2v) is 11.8. The quantitative estimate of drug-likeness (QED) is 0.328. The molecular weight excluding hydrogens is 232 g/mol. The van der Waals surface area contributed by atoms with E-state index in [4.69, 9.17) is 4.74 Å². The molecule has 0 aliphatic rings. The number of methoxy groups -OCH3 is 1. The van der Waals surface area contributed by atoms with Gasteiger partial charge >= 0.3 is 5.97 Å². The van der Waals surface area contributed by atoms with E-state index in [1.165, 1.54) is 7.11 Å². The van der Waals surface area contributed by atoms with Gasteiger partial charge in [-0.15, -0.1) is 0 Å². The fraction of sp³-hybridized carbons (Fsp3) is 0.846. The highest BCUT2D eigenvalue weighted by Gasteiger charge is 2.58. The summed E-state index contributed by atoms with van der Waals surface area (Å²) in [5.41, 5.74) is 0. The molecule has 17 heavy (non-hydrogen) atoms. The molecule has 0 aromatic rings. The largest absolute Gasteiger partial charge is 0.468 e. The third kappa shape index (κ3) is 2.62. The van der Waals surface area contributed by atoms with Crippen molar-refractivity contribution in [2.45, 2.75) is 63.7 Å². The maximum atomic E-state index is 12.1. The normalized spacial score (nSPS) is 16.2. The molecule has 1 unspecified atom stereocenters. The van der Waals surface area contributed by atoms with E-state index in [0.29, 0.717) is 6.42 Å². The molecule has 0 heterocycles. The number of hydrogen-bond donors (Lipinski definition) is 0. The SMILES string of the molecule is CCCC(C=O)(C(=O)OC)[Si](C)(C)C(C)(C)C. The van der Waals surface area contributed by atoms with Crippen LogP contribution in [0.15, 0.2) is 0 Å². The Morgan fingerprint density at radius 2 is 1.76 bits per heavy atom. The van der Waals surface area contributed by atoms with Crippen molar-refractivity contribution in [3.63, 3.8) is 0 Å². The van der Waals surface area contributed by atoms with Gasteiger partial charge in [-0.2, -0.15) is 0 Å². The van der Waals surface area contributed by atoms with E-state index in [1.54, 1.807) is 0 Å². The van der Waals surface area contributed by atoms with Gasteiger partial charge < -0.3 is 9.53 Å². The van der Waals surface area contributed by atoms with Crippen LogP contribution in [0.1, 0.15) is 40.5 Å². The Labute approximate surface area is 106 Å². The molecule has 0 fully saturated rings. The van der Waals surface area contributed by atoms with Gasteiger partial charge in [-0.3, -0.25) is 4.79 Å². The van der Waals surface area contributed by atoms with E-state index in [9.17, 15) is 9.59 Å². The number of aldehydes is 1. The van der Waals surface area contributed by atoms with E-state index in [2.05, 4.69) is 33.9 Å². The molecule has 0 aliphatic heterocycles. The third-order valence-electron chi connectivity index (χ3n) is 4.39. The standard InChI is InChI=1S/C13H26O3Si/c1-8-9-13(10-14,11(15)16-5)17(6,7)12(2,3)4/h10H,8-9H2,1-7H3. The van der Waals surface area contributed by atoms with Crippen LogP contribution < -0.4 is 0 Å². The molecule has 0 bridgehead atoms. The second-order valence-electron chi connectivity index (χ2n) is 6.21. The Bertz CT molecular complexity index is 292. The van der Waals surface area contributed by atoms with Gasteiger partial charge in [-0.25, -0.2) is 0 Å². The highest BCUT2D eigenvalue weighted by molar-refractivity contribution is 6.88. The van der Waals surface area contributed by atoms with Crippen molar-refractivity contribution in [3.05, 3.63) is 0 Å². The molecule has 0 aromatic heterocycles. The lowest BCUT2D eigenvalue weighted by Crippen LogP contribution is -2.55. The number of carbonyl (C=O) groups is 2. The number of ether oxygens (including phenoxy) is 1. The average Bonchev–Trinajstić information content (AvgIpc) is 2.22. The predicted octanol–water partition coefficient (Wildman–Crippen LogP) is 3.41. The maximum absolute atomic E-state index is 12.1. The van der Waals surface area contributed by atoms with Gasteiger partial charge in [-0.1, -0.05) is 47.2 Å². The van der Waals surface area contributed by atoms with Crippen LogP contribution in [-0.2, 0) is 14.3 Å². The summed E-state index contributed by atoms with van der Waals surface area (Å²) in [6.07, 6.45) is 2.24. The Kier molecular flexibility index (Phi) is 5.13. The van der Waals surface area contributed by atoms with Gasteiger partial charge in [0.25, 0.3) is 0 Å². The molecule has 0 saturated carbocycles. The second kappa shape index (κ2) is 5.34. The highest BCUT2D eigenvalue weighted by Crippen LogP contribution is 2.53. The molecule has 0 aromatic carbocycles. The lowest BCUT2D eigenvalue weighted by molar-refractivity contribution is -0.146. The van der Waals surface area contributed by atoms with Crippen molar-refractivity contribution < 1.29 is 14.3 Å². The molecule has 0 N–H and O–H groups in total. The molecule has 3 nitrogen and oxygen atoms in total. The molecule has 1 atom stereocenters. The van der Waals surface area contributed by atoms with Crippen molar-refractivity contribution in [2.24, 2.45) is 0 Å². The molecule has 0 rings (SSSR count). The van der Waals surface area contributed by atoms with Crippen LogP contribution >= 0.6 is 0 Å². The Hall–Kier alpha value is -0.643. The molecule has 4 heteroatoms. The summed E-state index contributed by atoms with van der Waals surface area (Å²) >= 11 is 0. The topological polar surface area (TPSA) is 43.4 Å². The highest BCUT2D eigenvalue weighted by atomic mass is 28.3. The van der Waals surface area contributed by atoms with Crippen molar-refractivity contribution in [2.75, 3.05) is 7.11 Å². The molecule has 0 amide bonds. The van der Waals surface area contributed by atoms with E-state index in [1.807, 2.05) is 6.92 Å². The van der Waals surface area contributed by atoms with Crippen molar-refractivity contribution in [3.8, 4) is 0 Å². The van der Waals surface area contributed by atoms with Crippen LogP contribution in [0.5, 0.6) is 0 Å². The van der Waals surface area contributed by atoms with Crippen LogP contribution in [0.25, 0.3) is 0 Å². The zero-order chi connectivity index (χ0) is 13.9. The van der Waals surface area contributed by atoms with E-state index in [-0.39, 0.29) is 11.0 Å². The van der Waals surface area contributed by atoms with Crippen molar-refractivity contribution >= 4 is 20.3 Å². The average molecular weight is 258 g/mol. The van der Waals surface area contributed by atoms with Crippen LogP contribution in [0, 0.1) is 0 Å². The summed E-state index contributed by atoms with van der Waals surface area (Å²) in [5.74, 6) is -0.360. The lowest BCUT2D eigenvalue weighted by Gasteiger charge is -2.47. The first-order chi connectivity index (χ1) is 7.60. The summed E-state index contributed by atoms with van der Waals surface area (Å²) < 4.78 is 4.91. The minimum atomic E-state index is -2.13. The molecule has 0 radical (unpaired) electrons. The predicted molar refractivity (Wildman–Crippen MR) is 72.9 cm³/mol. The molecular formula is C13H26O3Si. The van der Waals surface area contributed by atoms with Crippen LogP contribution in [0.3, 0.4) is 0 Å².